The van der Waals surface area contributed by atoms with Gasteiger partial charge in [0.2, 0.25) is 11.7 Å². The van der Waals surface area contributed by atoms with Crippen LogP contribution in [0.5, 0.6) is 0 Å². The van der Waals surface area contributed by atoms with E-state index in [1.165, 1.54) is 6.07 Å². The van der Waals surface area contributed by atoms with Crippen LogP contribution in [0.15, 0.2) is 22.9 Å². The standard InChI is InChI=1S/C15H21FN4O/c1-4-8-17-10(3)12(5-2)15-19-14(20-21-15)13-7-6-11(16)9-18-13/h6-7,9-10,12,17H,4-5,8H2,1-3H3. The maximum Gasteiger partial charge on any atom is 0.231 e. The Balaban J connectivity index is 2.15. The molecular weight excluding hydrogens is 271 g/mol. The second-order valence-corrected chi connectivity index (χ2v) is 5.08. The minimum atomic E-state index is -0.383. The van der Waals surface area contributed by atoms with Crippen LogP contribution in [0.4, 0.5) is 4.39 Å². The van der Waals surface area contributed by atoms with Crippen molar-refractivity contribution in [3.8, 4) is 11.5 Å². The highest BCUT2D eigenvalue weighted by atomic mass is 19.1. The first-order valence-electron chi connectivity index (χ1n) is 7.34. The SMILES string of the molecule is CCCNC(C)C(CC)c1nc(-c2ccc(F)cn2)no1. The maximum absolute atomic E-state index is 12.9. The Kier molecular flexibility index (Phi) is 5.38. The molecule has 2 unspecified atom stereocenters. The van der Waals surface area contributed by atoms with Crippen LogP contribution in [0.1, 0.15) is 45.4 Å². The molecule has 1 N–H and O–H groups in total. The molecule has 0 aromatic carbocycles. The van der Waals surface area contributed by atoms with Crippen molar-refractivity contribution < 1.29 is 8.91 Å². The molecule has 2 aromatic heterocycles. The zero-order valence-corrected chi connectivity index (χ0v) is 12.6. The Bertz CT molecular complexity index is 555. The summed E-state index contributed by atoms with van der Waals surface area (Å²) in [7, 11) is 0. The Hall–Kier alpha value is -1.82. The van der Waals surface area contributed by atoms with Crippen molar-refractivity contribution in [2.24, 2.45) is 0 Å². The molecule has 0 aliphatic heterocycles. The van der Waals surface area contributed by atoms with Gasteiger partial charge in [-0.25, -0.2) is 9.37 Å². The van der Waals surface area contributed by atoms with Gasteiger partial charge in [-0.05, 0) is 38.4 Å². The van der Waals surface area contributed by atoms with Crippen molar-refractivity contribution in [2.45, 2.75) is 45.6 Å². The summed E-state index contributed by atoms with van der Waals surface area (Å²) in [5, 5.41) is 7.39. The summed E-state index contributed by atoms with van der Waals surface area (Å²) in [6, 6.07) is 3.13. The summed E-state index contributed by atoms with van der Waals surface area (Å²) in [6.45, 7) is 7.29. The van der Waals surface area contributed by atoms with Gasteiger partial charge in [0.15, 0.2) is 0 Å². The van der Waals surface area contributed by atoms with Gasteiger partial charge in [0.1, 0.15) is 11.5 Å². The molecule has 5 nitrogen and oxygen atoms in total. The fraction of sp³-hybridized carbons (Fsp3) is 0.533. The van der Waals surface area contributed by atoms with E-state index in [0.29, 0.717) is 17.4 Å². The third-order valence-corrected chi connectivity index (χ3v) is 3.48. The lowest BCUT2D eigenvalue weighted by atomic mass is 9.98. The van der Waals surface area contributed by atoms with E-state index in [1.807, 2.05) is 0 Å². The highest BCUT2D eigenvalue weighted by Gasteiger charge is 2.23. The summed E-state index contributed by atoms with van der Waals surface area (Å²) in [5.74, 6) is 0.755. The number of rotatable bonds is 7. The molecule has 2 atom stereocenters. The molecule has 6 heteroatoms. The molecule has 0 aliphatic rings. The van der Waals surface area contributed by atoms with Crippen molar-refractivity contribution in [2.75, 3.05) is 6.54 Å². The number of nitrogens with zero attached hydrogens (tertiary/aromatic N) is 3. The second kappa shape index (κ2) is 7.26. The Morgan fingerprint density at radius 1 is 1.33 bits per heavy atom. The van der Waals surface area contributed by atoms with E-state index in [1.54, 1.807) is 6.07 Å². The van der Waals surface area contributed by atoms with E-state index in [-0.39, 0.29) is 17.8 Å². The first kappa shape index (κ1) is 15.6. The molecule has 0 radical (unpaired) electrons. The van der Waals surface area contributed by atoms with Gasteiger partial charge in [-0.3, -0.25) is 0 Å². The summed E-state index contributed by atoms with van der Waals surface area (Å²) in [4.78, 5) is 8.37. The lowest BCUT2D eigenvalue weighted by Crippen LogP contribution is -2.32. The number of halogens is 1. The van der Waals surface area contributed by atoms with Gasteiger partial charge < -0.3 is 9.84 Å². The smallest absolute Gasteiger partial charge is 0.231 e. The van der Waals surface area contributed by atoms with Crippen LogP contribution in [-0.2, 0) is 0 Å². The third kappa shape index (κ3) is 3.85. The number of pyridine rings is 1. The predicted molar refractivity (Wildman–Crippen MR) is 78.3 cm³/mol. The van der Waals surface area contributed by atoms with E-state index in [4.69, 9.17) is 4.52 Å². The summed E-state index contributed by atoms with van der Waals surface area (Å²) in [6.07, 6.45) is 3.12. The summed E-state index contributed by atoms with van der Waals surface area (Å²) in [5.41, 5.74) is 0.510. The molecule has 0 amide bonds. The van der Waals surface area contributed by atoms with Crippen LogP contribution in [0.2, 0.25) is 0 Å². The van der Waals surface area contributed by atoms with Gasteiger partial charge in [-0.2, -0.15) is 4.98 Å². The van der Waals surface area contributed by atoms with Crippen LogP contribution >= 0.6 is 0 Å². The number of hydrogen-bond acceptors (Lipinski definition) is 5. The lowest BCUT2D eigenvalue weighted by molar-refractivity contribution is 0.316. The van der Waals surface area contributed by atoms with Crippen molar-refractivity contribution in [3.63, 3.8) is 0 Å². The topological polar surface area (TPSA) is 63.8 Å². The van der Waals surface area contributed by atoms with Gasteiger partial charge in [0, 0.05) is 6.04 Å². The van der Waals surface area contributed by atoms with Gasteiger partial charge in [0.05, 0.1) is 12.1 Å². The van der Waals surface area contributed by atoms with Crippen LogP contribution in [0, 0.1) is 5.82 Å². The van der Waals surface area contributed by atoms with Crippen molar-refractivity contribution in [1.29, 1.82) is 0 Å². The first-order chi connectivity index (χ1) is 10.2. The molecule has 21 heavy (non-hydrogen) atoms. The molecule has 0 aliphatic carbocycles. The Morgan fingerprint density at radius 3 is 2.76 bits per heavy atom. The molecule has 0 bridgehead atoms. The van der Waals surface area contributed by atoms with E-state index < -0.39 is 0 Å². The molecule has 0 saturated carbocycles. The molecular formula is C15H21FN4O. The lowest BCUT2D eigenvalue weighted by Gasteiger charge is -2.20. The minimum absolute atomic E-state index is 0.151. The molecule has 0 spiro atoms. The summed E-state index contributed by atoms with van der Waals surface area (Å²) < 4.78 is 18.2. The maximum atomic E-state index is 12.9. The normalized spacial score (nSPS) is 14.1. The molecule has 0 fully saturated rings. The van der Waals surface area contributed by atoms with E-state index >= 15 is 0 Å². The van der Waals surface area contributed by atoms with Gasteiger partial charge in [-0.15, -0.1) is 0 Å². The second-order valence-electron chi connectivity index (χ2n) is 5.08. The van der Waals surface area contributed by atoms with E-state index in [0.717, 1.165) is 25.6 Å². The van der Waals surface area contributed by atoms with Crippen LogP contribution in [0.3, 0.4) is 0 Å². The molecule has 114 valence electrons. The minimum Gasteiger partial charge on any atom is -0.339 e. The number of aromatic nitrogens is 3. The van der Waals surface area contributed by atoms with Gasteiger partial charge in [0.25, 0.3) is 0 Å². The van der Waals surface area contributed by atoms with Crippen molar-refractivity contribution in [1.82, 2.24) is 20.4 Å². The summed E-state index contributed by atoms with van der Waals surface area (Å²) >= 11 is 0. The quantitative estimate of drug-likeness (QED) is 0.849. The zero-order chi connectivity index (χ0) is 15.2. The molecule has 2 aromatic rings. The van der Waals surface area contributed by atoms with Gasteiger partial charge >= 0.3 is 0 Å². The average Bonchev–Trinajstić information content (AvgIpc) is 2.96. The first-order valence-corrected chi connectivity index (χ1v) is 7.34. The average molecular weight is 292 g/mol. The largest absolute Gasteiger partial charge is 0.339 e. The third-order valence-electron chi connectivity index (χ3n) is 3.48. The van der Waals surface area contributed by atoms with Gasteiger partial charge in [-0.1, -0.05) is 19.0 Å². The highest BCUT2D eigenvalue weighted by Crippen LogP contribution is 2.24. The van der Waals surface area contributed by atoms with E-state index in [9.17, 15) is 4.39 Å². The Labute approximate surface area is 124 Å². The van der Waals surface area contributed by atoms with Crippen molar-refractivity contribution >= 4 is 0 Å². The Morgan fingerprint density at radius 2 is 2.14 bits per heavy atom. The van der Waals surface area contributed by atoms with Crippen LogP contribution in [0.25, 0.3) is 11.5 Å². The van der Waals surface area contributed by atoms with Crippen molar-refractivity contribution in [3.05, 3.63) is 30.0 Å². The number of nitrogens with one attached hydrogen (secondary N) is 1. The molecule has 2 rings (SSSR count). The highest BCUT2D eigenvalue weighted by molar-refractivity contribution is 5.47. The van der Waals surface area contributed by atoms with E-state index in [2.05, 4.69) is 41.2 Å². The fourth-order valence-corrected chi connectivity index (χ4v) is 2.25. The van der Waals surface area contributed by atoms with Crippen LogP contribution < -0.4 is 5.32 Å². The fourth-order valence-electron chi connectivity index (χ4n) is 2.25. The molecule has 0 saturated heterocycles. The van der Waals surface area contributed by atoms with Crippen LogP contribution in [-0.4, -0.2) is 27.7 Å². The molecule has 2 heterocycles. The predicted octanol–water partition coefficient (Wildman–Crippen LogP) is 3.15. The zero-order valence-electron chi connectivity index (χ0n) is 12.6. The number of hydrogen-bond donors (Lipinski definition) is 1. The monoisotopic (exact) mass is 292 g/mol.